The van der Waals surface area contributed by atoms with Gasteiger partial charge in [-0.05, 0) is 22.4 Å². The van der Waals surface area contributed by atoms with Gasteiger partial charge >= 0.3 is 0 Å². The van der Waals surface area contributed by atoms with E-state index in [0.29, 0.717) is 6.04 Å². The van der Waals surface area contributed by atoms with Crippen molar-refractivity contribution < 1.29 is 5.11 Å². The van der Waals surface area contributed by atoms with Gasteiger partial charge in [-0.15, -0.1) is 0 Å². The number of aliphatic hydroxyl groups is 1. The zero-order chi connectivity index (χ0) is 9.10. The second kappa shape index (κ2) is 4.46. The molecule has 4 heteroatoms. The first-order chi connectivity index (χ1) is 6.40. The van der Waals surface area contributed by atoms with Crippen molar-refractivity contribution in [2.75, 3.05) is 18.1 Å². The van der Waals surface area contributed by atoms with Crippen LogP contribution in [0.4, 0.5) is 0 Å². The van der Waals surface area contributed by atoms with E-state index in [1.165, 1.54) is 17.1 Å². The van der Waals surface area contributed by atoms with Crippen LogP contribution in [0.5, 0.6) is 0 Å². The van der Waals surface area contributed by atoms with Gasteiger partial charge in [0.1, 0.15) is 0 Å². The average molecular weight is 215 g/mol. The highest BCUT2D eigenvalue weighted by Crippen LogP contribution is 2.22. The van der Waals surface area contributed by atoms with E-state index in [1.54, 1.807) is 11.3 Å². The van der Waals surface area contributed by atoms with Crippen LogP contribution in [0.15, 0.2) is 16.8 Å². The first-order valence-electron chi connectivity index (χ1n) is 4.37. The first-order valence-corrected chi connectivity index (χ1v) is 6.46. The van der Waals surface area contributed by atoms with Crippen LogP contribution in [-0.2, 0) is 0 Å². The average Bonchev–Trinajstić information content (AvgIpc) is 2.55. The van der Waals surface area contributed by atoms with Gasteiger partial charge in [-0.2, -0.15) is 23.1 Å². The van der Waals surface area contributed by atoms with E-state index >= 15 is 0 Å². The largest absolute Gasteiger partial charge is 0.394 e. The van der Waals surface area contributed by atoms with Crippen molar-refractivity contribution in [3.8, 4) is 0 Å². The van der Waals surface area contributed by atoms with Gasteiger partial charge in [-0.25, -0.2) is 0 Å². The van der Waals surface area contributed by atoms with Crippen molar-refractivity contribution in [3.05, 3.63) is 22.4 Å². The summed E-state index contributed by atoms with van der Waals surface area (Å²) in [5.41, 5.74) is 1.21. The molecule has 2 heterocycles. The molecule has 0 aliphatic carbocycles. The number of nitrogens with one attached hydrogen (secondary N) is 1. The standard InChI is InChI=1S/C9H13NOS2/c11-3-9(7-1-2-12-4-7)10-8-5-13-6-8/h1-2,4,8-11H,3,5-6H2. The lowest BCUT2D eigenvalue weighted by molar-refractivity contribution is 0.237. The van der Waals surface area contributed by atoms with Crippen molar-refractivity contribution in [1.29, 1.82) is 0 Å². The van der Waals surface area contributed by atoms with Crippen LogP contribution in [0.3, 0.4) is 0 Å². The summed E-state index contributed by atoms with van der Waals surface area (Å²) in [6.45, 7) is 0.192. The fourth-order valence-electron chi connectivity index (χ4n) is 1.34. The molecule has 1 atom stereocenters. The molecule has 1 aromatic heterocycles. The molecule has 13 heavy (non-hydrogen) atoms. The maximum atomic E-state index is 9.20. The normalized spacial score (nSPS) is 19.8. The SMILES string of the molecule is OCC(NC1CSC1)c1ccsc1. The van der Waals surface area contributed by atoms with Gasteiger partial charge in [0, 0.05) is 17.5 Å². The molecule has 1 aromatic rings. The minimum Gasteiger partial charge on any atom is -0.394 e. The lowest BCUT2D eigenvalue weighted by Crippen LogP contribution is -2.43. The van der Waals surface area contributed by atoms with Crippen LogP contribution in [0.1, 0.15) is 11.6 Å². The number of aliphatic hydroxyl groups excluding tert-OH is 1. The Hall–Kier alpha value is -0.0300. The summed E-state index contributed by atoms with van der Waals surface area (Å²) >= 11 is 3.63. The minimum atomic E-state index is 0.136. The maximum Gasteiger partial charge on any atom is 0.0626 e. The number of thioether (sulfide) groups is 1. The molecular weight excluding hydrogens is 202 g/mol. The molecule has 1 aliphatic heterocycles. The quantitative estimate of drug-likeness (QED) is 0.798. The van der Waals surface area contributed by atoms with Gasteiger partial charge in [0.05, 0.1) is 12.6 Å². The minimum absolute atomic E-state index is 0.136. The van der Waals surface area contributed by atoms with Gasteiger partial charge in [0.15, 0.2) is 0 Å². The zero-order valence-corrected chi connectivity index (χ0v) is 8.90. The summed E-state index contributed by atoms with van der Waals surface area (Å²) in [5.74, 6) is 2.36. The van der Waals surface area contributed by atoms with E-state index in [0.717, 1.165) is 0 Å². The monoisotopic (exact) mass is 215 g/mol. The predicted octanol–water partition coefficient (Wildman–Crippen LogP) is 1.49. The summed E-state index contributed by atoms with van der Waals surface area (Å²) in [5, 5.41) is 16.8. The molecule has 2 rings (SSSR count). The maximum absolute atomic E-state index is 9.20. The summed E-state index contributed by atoms with van der Waals surface area (Å²) < 4.78 is 0. The van der Waals surface area contributed by atoms with Crippen LogP contribution < -0.4 is 5.32 Å². The number of hydrogen-bond donors (Lipinski definition) is 2. The Morgan fingerprint density at radius 1 is 1.62 bits per heavy atom. The molecule has 0 spiro atoms. The molecule has 1 aliphatic rings. The Morgan fingerprint density at radius 2 is 2.46 bits per heavy atom. The van der Waals surface area contributed by atoms with Crippen LogP contribution in [0.25, 0.3) is 0 Å². The van der Waals surface area contributed by atoms with Crippen LogP contribution in [0, 0.1) is 0 Å². The number of thiophene rings is 1. The van der Waals surface area contributed by atoms with E-state index in [4.69, 9.17) is 0 Å². The van der Waals surface area contributed by atoms with E-state index in [1.807, 2.05) is 11.8 Å². The third-order valence-corrected chi connectivity index (χ3v) is 4.18. The Kier molecular flexibility index (Phi) is 3.27. The number of rotatable bonds is 4. The topological polar surface area (TPSA) is 32.3 Å². The summed E-state index contributed by atoms with van der Waals surface area (Å²) in [6, 6.07) is 2.81. The molecule has 2 N–H and O–H groups in total. The van der Waals surface area contributed by atoms with Crippen molar-refractivity contribution >= 4 is 23.1 Å². The highest BCUT2D eigenvalue weighted by atomic mass is 32.2. The molecule has 72 valence electrons. The van der Waals surface area contributed by atoms with Crippen molar-refractivity contribution in [2.24, 2.45) is 0 Å². The lowest BCUT2D eigenvalue weighted by Gasteiger charge is -2.30. The van der Waals surface area contributed by atoms with E-state index in [-0.39, 0.29) is 12.6 Å². The molecule has 2 nitrogen and oxygen atoms in total. The molecule has 0 aromatic carbocycles. The van der Waals surface area contributed by atoms with Crippen molar-refractivity contribution in [3.63, 3.8) is 0 Å². The molecule has 0 saturated carbocycles. The fourth-order valence-corrected chi connectivity index (χ4v) is 2.72. The molecule has 1 unspecified atom stereocenters. The molecule has 0 radical (unpaired) electrons. The van der Waals surface area contributed by atoms with Crippen molar-refractivity contribution in [1.82, 2.24) is 5.32 Å². The highest BCUT2D eigenvalue weighted by Gasteiger charge is 2.22. The molecule has 0 amide bonds. The van der Waals surface area contributed by atoms with Crippen LogP contribution in [0.2, 0.25) is 0 Å². The molecule has 1 saturated heterocycles. The third kappa shape index (κ3) is 2.26. The van der Waals surface area contributed by atoms with Gasteiger partial charge in [0.2, 0.25) is 0 Å². The molecule has 1 fully saturated rings. The Bertz CT molecular complexity index is 246. The van der Waals surface area contributed by atoms with Gasteiger partial charge in [0.25, 0.3) is 0 Å². The smallest absolute Gasteiger partial charge is 0.0626 e. The van der Waals surface area contributed by atoms with E-state index in [2.05, 4.69) is 22.1 Å². The highest BCUT2D eigenvalue weighted by molar-refractivity contribution is 8.00. The van der Waals surface area contributed by atoms with Gasteiger partial charge < -0.3 is 10.4 Å². The second-order valence-electron chi connectivity index (χ2n) is 3.19. The fraction of sp³-hybridized carbons (Fsp3) is 0.556. The van der Waals surface area contributed by atoms with Crippen LogP contribution >= 0.6 is 23.1 Å². The zero-order valence-electron chi connectivity index (χ0n) is 7.27. The van der Waals surface area contributed by atoms with Crippen LogP contribution in [-0.4, -0.2) is 29.3 Å². The third-order valence-electron chi connectivity index (χ3n) is 2.20. The molecular formula is C9H13NOS2. The Morgan fingerprint density at radius 3 is 2.92 bits per heavy atom. The van der Waals surface area contributed by atoms with E-state index < -0.39 is 0 Å². The van der Waals surface area contributed by atoms with Crippen molar-refractivity contribution in [2.45, 2.75) is 12.1 Å². The summed E-state index contributed by atoms with van der Waals surface area (Å²) in [7, 11) is 0. The second-order valence-corrected chi connectivity index (χ2v) is 5.05. The summed E-state index contributed by atoms with van der Waals surface area (Å²) in [6.07, 6.45) is 0. The lowest BCUT2D eigenvalue weighted by atomic mass is 10.1. The number of hydrogen-bond acceptors (Lipinski definition) is 4. The van der Waals surface area contributed by atoms with Gasteiger partial charge in [-0.1, -0.05) is 0 Å². The first kappa shape index (κ1) is 9.52. The predicted molar refractivity (Wildman–Crippen MR) is 58.4 cm³/mol. The summed E-state index contributed by atoms with van der Waals surface area (Å²) in [4.78, 5) is 0. The Labute approximate surface area is 86.4 Å². The van der Waals surface area contributed by atoms with E-state index in [9.17, 15) is 5.11 Å². The Balaban J connectivity index is 1.92. The molecule has 0 bridgehead atoms. The van der Waals surface area contributed by atoms with Gasteiger partial charge in [-0.3, -0.25) is 0 Å².